The van der Waals surface area contributed by atoms with Gasteiger partial charge in [-0.15, -0.1) is 0 Å². The second-order valence-electron chi connectivity index (χ2n) is 3.02. The molecule has 0 aliphatic carbocycles. The Balaban J connectivity index is 2.24. The van der Waals surface area contributed by atoms with E-state index in [1.54, 1.807) is 18.8 Å². The number of carbonyl (C=O) groups is 1. The largest absolute Gasteiger partial charge is 0.481 e. The van der Waals surface area contributed by atoms with E-state index in [9.17, 15) is 4.79 Å². The lowest BCUT2D eigenvalue weighted by molar-refractivity contribution is 0.0993. The third-order valence-electron chi connectivity index (χ3n) is 2.03. The lowest BCUT2D eigenvalue weighted by atomic mass is 10.1. The molecule has 0 atom stereocenters. The number of carbonyl (C=O) groups excluding carboxylic acids is 1. The summed E-state index contributed by atoms with van der Waals surface area (Å²) in [6.07, 6.45) is 0. The second kappa shape index (κ2) is 4.02. The Morgan fingerprint density at radius 3 is 3.29 bits per heavy atom. The molecular weight excluding hydrogens is 198 g/mol. The smallest absolute Gasteiger partial charge is 0.176 e. The van der Waals surface area contributed by atoms with Gasteiger partial charge in [0.2, 0.25) is 0 Å². The fourth-order valence-electron chi connectivity index (χ4n) is 1.33. The number of Topliss-reactive ketones (excluding diaryl/α,β-unsaturated/α-hetero) is 1. The first kappa shape index (κ1) is 9.55. The summed E-state index contributed by atoms with van der Waals surface area (Å²) >= 11 is 1.62. The fourth-order valence-corrected chi connectivity index (χ4v) is 2.12. The normalized spacial score (nSPS) is 13.5. The zero-order valence-electron chi connectivity index (χ0n) is 7.87. The molecule has 1 aliphatic rings. The van der Waals surface area contributed by atoms with Gasteiger partial charge in [0.15, 0.2) is 5.78 Å². The number of nitrogens with one attached hydrogen (secondary N) is 1. The molecule has 1 N–H and O–H groups in total. The first-order chi connectivity index (χ1) is 6.81. The molecule has 0 saturated heterocycles. The van der Waals surface area contributed by atoms with Crippen molar-refractivity contribution in [2.24, 2.45) is 0 Å². The van der Waals surface area contributed by atoms with E-state index in [2.05, 4.69) is 5.32 Å². The molecule has 0 radical (unpaired) electrons. The van der Waals surface area contributed by atoms with Crippen LogP contribution in [0.5, 0.6) is 5.75 Å². The van der Waals surface area contributed by atoms with Gasteiger partial charge in [-0.05, 0) is 25.2 Å². The van der Waals surface area contributed by atoms with Gasteiger partial charge in [-0.25, -0.2) is 0 Å². The molecular formula is C10H11NO2S. The highest BCUT2D eigenvalue weighted by molar-refractivity contribution is 7.99. The molecule has 1 aliphatic heterocycles. The minimum Gasteiger partial charge on any atom is -0.481 e. The highest BCUT2D eigenvalue weighted by Crippen LogP contribution is 2.36. The summed E-state index contributed by atoms with van der Waals surface area (Å²) in [5.74, 6) is 1.65. The molecule has 0 fully saturated rings. The lowest BCUT2D eigenvalue weighted by Crippen LogP contribution is -2.18. The van der Waals surface area contributed by atoms with Crippen LogP contribution < -0.4 is 10.1 Å². The average molecular weight is 209 g/mol. The number of benzene rings is 1. The van der Waals surface area contributed by atoms with Crippen LogP contribution in [-0.2, 0) is 0 Å². The number of rotatable bonds is 3. The summed E-state index contributed by atoms with van der Waals surface area (Å²) in [6, 6.07) is 5.56. The van der Waals surface area contributed by atoms with Crippen LogP contribution in [0.3, 0.4) is 0 Å². The van der Waals surface area contributed by atoms with Crippen LogP contribution in [0.25, 0.3) is 0 Å². The van der Waals surface area contributed by atoms with E-state index in [0.717, 1.165) is 16.2 Å². The van der Waals surface area contributed by atoms with Crippen LogP contribution in [0.15, 0.2) is 23.1 Å². The molecule has 1 aromatic carbocycles. The molecule has 1 aromatic rings. The van der Waals surface area contributed by atoms with Gasteiger partial charge >= 0.3 is 0 Å². The third kappa shape index (κ3) is 1.76. The van der Waals surface area contributed by atoms with E-state index >= 15 is 0 Å². The summed E-state index contributed by atoms with van der Waals surface area (Å²) in [4.78, 5) is 12.6. The first-order valence-electron chi connectivity index (χ1n) is 4.38. The van der Waals surface area contributed by atoms with Crippen molar-refractivity contribution in [3.8, 4) is 5.75 Å². The predicted molar refractivity (Wildman–Crippen MR) is 56.1 cm³/mol. The highest BCUT2D eigenvalue weighted by atomic mass is 32.2. The SMILES string of the molecule is CNCC(=O)c1ccc2c(c1)SCO2. The summed E-state index contributed by atoms with van der Waals surface area (Å²) in [7, 11) is 1.77. The Morgan fingerprint density at radius 2 is 2.50 bits per heavy atom. The van der Waals surface area contributed by atoms with E-state index in [0.29, 0.717) is 12.5 Å². The second-order valence-corrected chi connectivity index (χ2v) is 3.99. The van der Waals surface area contributed by atoms with Crippen LogP contribution in [0.2, 0.25) is 0 Å². The van der Waals surface area contributed by atoms with Crippen molar-refractivity contribution >= 4 is 17.5 Å². The molecule has 0 bridgehead atoms. The average Bonchev–Trinajstić information content (AvgIpc) is 2.64. The van der Waals surface area contributed by atoms with Crippen molar-refractivity contribution in [2.75, 3.05) is 19.5 Å². The van der Waals surface area contributed by atoms with Gasteiger partial charge in [0.25, 0.3) is 0 Å². The van der Waals surface area contributed by atoms with Crippen molar-refractivity contribution in [1.82, 2.24) is 5.32 Å². The molecule has 1 heterocycles. The maximum atomic E-state index is 11.5. The Hall–Kier alpha value is -1.00. The summed E-state index contributed by atoms with van der Waals surface area (Å²) in [6.45, 7) is 0.379. The number of hydrogen-bond acceptors (Lipinski definition) is 4. The monoisotopic (exact) mass is 209 g/mol. The van der Waals surface area contributed by atoms with Gasteiger partial charge in [0.1, 0.15) is 11.7 Å². The molecule has 0 spiro atoms. The Bertz CT molecular complexity index is 365. The zero-order valence-corrected chi connectivity index (χ0v) is 8.69. The van der Waals surface area contributed by atoms with E-state index in [-0.39, 0.29) is 5.78 Å². The van der Waals surface area contributed by atoms with Gasteiger partial charge < -0.3 is 10.1 Å². The molecule has 14 heavy (non-hydrogen) atoms. The minimum atomic E-state index is 0.114. The third-order valence-corrected chi connectivity index (χ3v) is 2.90. The first-order valence-corrected chi connectivity index (χ1v) is 5.37. The summed E-state index contributed by atoms with van der Waals surface area (Å²) in [5.41, 5.74) is 0.746. The van der Waals surface area contributed by atoms with Gasteiger partial charge in [-0.2, -0.15) is 0 Å². The van der Waals surface area contributed by atoms with Crippen molar-refractivity contribution in [3.05, 3.63) is 23.8 Å². The van der Waals surface area contributed by atoms with Gasteiger partial charge in [0, 0.05) is 5.56 Å². The number of hydrogen-bond donors (Lipinski definition) is 1. The molecule has 0 unspecified atom stereocenters. The standard InChI is InChI=1S/C10H11NO2S/c1-11-5-8(12)7-2-3-9-10(4-7)14-6-13-9/h2-4,11H,5-6H2,1H3. The van der Waals surface area contributed by atoms with Gasteiger partial charge in [-0.1, -0.05) is 11.8 Å². The van der Waals surface area contributed by atoms with Crippen LogP contribution in [-0.4, -0.2) is 25.3 Å². The zero-order chi connectivity index (χ0) is 9.97. The van der Waals surface area contributed by atoms with Crippen LogP contribution >= 0.6 is 11.8 Å². The topological polar surface area (TPSA) is 38.3 Å². The molecule has 4 heteroatoms. The van der Waals surface area contributed by atoms with Crippen molar-refractivity contribution in [1.29, 1.82) is 0 Å². The quantitative estimate of drug-likeness (QED) is 0.766. The highest BCUT2D eigenvalue weighted by Gasteiger charge is 2.14. The van der Waals surface area contributed by atoms with E-state index in [1.165, 1.54) is 0 Å². The molecule has 74 valence electrons. The number of likely N-dealkylation sites (N-methyl/N-ethyl adjacent to an activating group) is 1. The molecule has 0 amide bonds. The van der Waals surface area contributed by atoms with E-state index in [1.807, 2.05) is 18.2 Å². The van der Waals surface area contributed by atoms with Gasteiger partial charge in [0.05, 0.1) is 11.4 Å². The predicted octanol–water partition coefficient (Wildman–Crippen LogP) is 1.53. The molecule has 3 nitrogen and oxygen atoms in total. The Labute approximate surface area is 86.8 Å². The number of ether oxygens (including phenoxy) is 1. The van der Waals surface area contributed by atoms with Crippen molar-refractivity contribution in [2.45, 2.75) is 4.90 Å². The van der Waals surface area contributed by atoms with Gasteiger partial charge in [-0.3, -0.25) is 4.79 Å². The lowest BCUT2D eigenvalue weighted by Gasteiger charge is -2.02. The molecule has 2 rings (SSSR count). The van der Waals surface area contributed by atoms with E-state index in [4.69, 9.17) is 4.74 Å². The van der Waals surface area contributed by atoms with Crippen LogP contribution in [0, 0.1) is 0 Å². The maximum absolute atomic E-state index is 11.5. The number of ketones is 1. The molecule has 0 aromatic heterocycles. The Kier molecular flexibility index (Phi) is 2.74. The van der Waals surface area contributed by atoms with Crippen LogP contribution in [0.1, 0.15) is 10.4 Å². The summed E-state index contributed by atoms with van der Waals surface area (Å²) < 4.78 is 5.33. The summed E-state index contributed by atoms with van der Waals surface area (Å²) in [5, 5.41) is 2.85. The van der Waals surface area contributed by atoms with E-state index < -0.39 is 0 Å². The number of fused-ring (bicyclic) bond motifs is 1. The fraction of sp³-hybridized carbons (Fsp3) is 0.300. The molecule has 0 saturated carbocycles. The van der Waals surface area contributed by atoms with Crippen molar-refractivity contribution in [3.63, 3.8) is 0 Å². The Morgan fingerprint density at radius 1 is 1.64 bits per heavy atom. The number of thioether (sulfide) groups is 1. The van der Waals surface area contributed by atoms with Crippen LogP contribution in [0.4, 0.5) is 0 Å². The minimum absolute atomic E-state index is 0.114. The van der Waals surface area contributed by atoms with Crippen molar-refractivity contribution < 1.29 is 9.53 Å². The maximum Gasteiger partial charge on any atom is 0.176 e.